The van der Waals surface area contributed by atoms with Crippen molar-refractivity contribution in [2.75, 3.05) is 31.1 Å². The van der Waals surface area contributed by atoms with Gasteiger partial charge in [-0.25, -0.2) is 9.18 Å². The average Bonchev–Trinajstić information content (AvgIpc) is 2.67. The number of halogens is 1. The minimum absolute atomic E-state index is 0.0289. The van der Waals surface area contributed by atoms with Gasteiger partial charge in [0, 0.05) is 44.3 Å². The highest BCUT2D eigenvalue weighted by atomic mass is 19.1. The molecule has 1 saturated heterocycles. The van der Waals surface area contributed by atoms with Gasteiger partial charge in [0.2, 0.25) is 11.4 Å². The Labute approximate surface area is 165 Å². The number of pyridine rings is 1. The van der Waals surface area contributed by atoms with Gasteiger partial charge in [-0.1, -0.05) is 0 Å². The van der Waals surface area contributed by atoms with Gasteiger partial charge in [0.15, 0.2) is 5.96 Å². The molecule has 0 unspecified atom stereocenters. The molecule has 11 heteroatoms. The van der Waals surface area contributed by atoms with Gasteiger partial charge in [-0.2, -0.15) is 4.99 Å². The van der Waals surface area contributed by atoms with E-state index in [4.69, 9.17) is 16.9 Å². The molecule has 0 radical (unpaired) electrons. The highest BCUT2D eigenvalue weighted by Crippen LogP contribution is 2.26. The van der Waals surface area contributed by atoms with Gasteiger partial charge in [-0.15, -0.1) is 0 Å². The molecule has 1 aliphatic heterocycles. The smallest absolute Gasteiger partial charge is 0.341 e. The van der Waals surface area contributed by atoms with Gasteiger partial charge in [0.05, 0.1) is 11.2 Å². The number of fused-ring (bicyclic) bond motifs is 1. The summed E-state index contributed by atoms with van der Waals surface area (Å²) >= 11 is 0. The molecule has 2 aromatic rings. The second kappa shape index (κ2) is 7.78. The summed E-state index contributed by atoms with van der Waals surface area (Å²) in [5.74, 6) is -2.20. The van der Waals surface area contributed by atoms with Crippen molar-refractivity contribution >= 4 is 34.5 Å². The normalized spacial score (nSPS) is 14.1. The first kappa shape index (κ1) is 20.1. The molecule has 10 nitrogen and oxygen atoms in total. The number of aryl methyl sites for hydroxylation is 1. The molecule has 2 heterocycles. The lowest BCUT2D eigenvalue weighted by molar-refractivity contribution is 0.0695. The average molecular weight is 403 g/mol. The summed E-state index contributed by atoms with van der Waals surface area (Å²) in [6.07, 6.45) is 1.28. The number of anilines is 1. The Hall–Kier alpha value is -3.63. The van der Waals surface area contributed by atoms with E-state index >= 15 is 0 Å². The zero-order valence-electron chi connectivity index (χ0n) is 15.9. The Morgan fingerprint density at radius 3 is 2.48 bits per heavy atom. The molecule has 1 aromatic carbocycles. The van der Waals surface area contributed by atoms with Crippen molar-refractivity contribution in [1.82, 2.24) is 9.47 Å². The number of carbonyl (C=O) groups is 1. The minimum Gasteiger partial charge on any atom is -0.477 e. The summed E-state index contributed by atoms with van der Waals surface area (Å²) in [5, 5.41) is 17.1. The van der Waals surface area contributed by atoms with Gasteiger partial charge >= 0.3 is 5.97 Å². The van der Waals surface area contributed by atoms with E-state index in [9.17, 15) is 19.1 Å². The van der Waals surface area contributed by atoms with Crippen LogP contribution in [0.2, 0.25) is 0 Å². The molecule has 0 amide bonds. The standard InChI is InChI=1S/C18H22FN7O3/c1-2-24-9-11(16(28)29)15(27)10-7-12(19)14(8-13(10)24)25-3-5-26(6-4-25)18(22)23-17(20)21/h7-9H,2-6H2,1H3,(H,28,29)(H5,20,21,22,23). The number of aliphatic imine (C=N–C) groups is 1. The second-order valence-corrected chi connectivity index (χ2v) is 6.62. The summed E-state index contributed by atoms with van der Waals surface area (Å²) in [7, 11) is 0. The Morgan fingerprint density at radius 2 is 1.93 bits per heavy atom. The quantitative estimate of drug-likeness (QED) is 0.421. The minimum atomic E-state index is -1.34. The summed E-state index contributed by atoms with van der Waals surface area (Å²) in [6, 6.07) is 2.66. The van der Waals surface area contributed by atoms with Crippen LogP contribution in [0.4, 0.5) is 10.1 Å². The number of guanidine groups is 2. The van der Waals surface area contributed by atoms with Crippen molar-refractivity contribution in [1.29, 1.82) is 5.41 Å². The zero-order chi connectivity index (χ0) is 21.3. The van der Waals surface area contributed by atoms with Gasteiger partial charge in [0.1, 0.15) is 11.4 Å². The number of piperazine rings is 1. The maximum Gasteiger partial charge on any atom is 0.341 e. The largest absolute Gasteiger partial charge is 0.477 e. The van der Waals surface area contributed by atoms with E-state index < -0.39 is 22.8 Å². The monoisotopic (exact) mass is 403 g/mol. The van der Waals surface area contributed by atoms with Crippen LogP contribution < -0.4 is 21.8 Å². The zero-order valence-corrected chi connectivity index (χ0v) is 15.9. The van der Waals surface area contributed by atoms with Gasteiger partial charge in [-0.05, 0) is 19.1 Å². The molecular formula is C18H22FN7O3. The van der Waals surface area contributed by atoms with Crippen molar-refractivity contribution in [3.05, 3.63) is 39.9 Å². The first-order valence-corrected chi connectivity index (χ1v) is 9.01. The lowest BCUT2D eigenvalue weighted by atomic mass is 10.1. The molecule has 29 heavy (non-hydrogen) atoms. The molecule has 0 atom stereocenters. The predicted molar refractivity (Wildman–Crippen MR) is 108 cm³/mol. The van der Waals surface area contributed by atoms with Crippen molar-refractivity contribution in [3.63, 3.8) is 0 Å². The number of rotatable bonds is 3. The highest BCUT2D eigenvalue weighted by Gasteiger charge is 2.23. The number of nitrogens with two attached hydrogens (primary N) is 2. The van der Waals surface area contributed by atoms with Crippen molar-refractivity contribution < 1.29 is 14.3 Å². The number of nitrogens with one attached hydrogen (secondary N) is 1. The van der Waals surface area contributed by atoms with E-state index in [0.717, 1.165) is 6.07 Å². The van der Waals surface area contributed by atoms with Crippen LogP contribution in [0.25, 0.3) is 10.9 Å². The predicted octanol–water partition coefficient (Wildman–Crippen LogP) is 0.189. The fraction of sp³-hybridized carbons (Fsp3) is 0.333. The van der Waals surface area contributed by atoms with Crippen LogP contribution in [-0.2, 0) is 6.54 Å². The van der Waals surface area contributed by atoms with Crippen LogP contribution in [0.15, 0.2) is 28.1 Å². The Morgan fingerprint density at radius 1 is 1.28 bits per heavy atom. The molecule has 154 valence electrons. The first-order valence-electron chi connectivity index (χ1n) is 9.01. The molecule has 1 fully saturated rings. The maximum atomic E-state index is 14.8. The Bertz CT molecular complexity index is 1070. The van der Waals surface area contributed by atoms with E-state index in [0.29, 0.717) is 43.9 Å². The maximum absolute atomic E-state index is 14.8. The molecule has 0 saturated carbocycles. The molecule has 6 N–H and O–H groups in total. The molecule has 1 aliphatic rings. The fourth-order valence-electron chi connectivity index (χ4n) is 3.41. The van der Waals surface area contributed by atoms with Crippen molar-refractivity contribution in [2.45, 2.75) is 13.5 Å². The summed E-state index contributed by atoms with van der Waals surface area (Å²) in [5.41, 5.74) is 10.3. The molecular weight excluding hydrogens is 381 g/mol. The third-order valence-corrected chi connectivity index (χ3v) is 4.87. The third-order valence-electron chi connectivity index (χ3n) is 4.87. The Balaban J connectivity index is 1.96. The molecule has 1 aromatic heterocycles. The molecule has 0 aliphatic carbocycles. The Kier molecular flexibility index (Phi) is 5.39. The topological polar surface area (TPSA) is 154 Å². The SMILES string of the molecule is CCn1cc(C(=O)O)c(=O)c2cc(F)c(N3CCN(C(=N)N=C(N)N)CC3)cc21. The van der Waals surface area contributed by atoms with Crippen LogP contribution in [-0.4, -0.2) is 58.6 Å². The van der Waals surface area contributed by atoms with Crippen molar-refractivity contribution in [2.24, 2.45) is 16.5 Å². The number of nitrogens with zero attached hydrogens (tertiary/aromatic N) is 4. The number of hydrogen-bond donors (Lipinski definition) is 4. The van der Waals surface area contributed by atoms with E-state index in [1.54, 1.807) is 15.5 Å². The number of carboxylic acid groups (broad SMARTS) is 1. The van der Waals surface area contributed by atoms with Gasteiger partial charge in [0.25, 0.3) is 0 Å². The highest BCUT2D eigenvalue weighted by molar-refractivity contribution is 5.94. The lowest BCUT2D eigenvalue weighted by Crippen LogP contribution is -2.49. The molecule has 0 bridgehead atoms. The molecule has 3 rings (SSSR count). The summed E-state index contributed by atoms with van der Waals surface area (Å²) < 4.78 is 16.5. The van der Waals surface area contributed by atoms with E-state index in [1.807, 2.05) is 11.8 Å². The van der Waals surface area contributed by atoms with Gasteiger partial charge < -0.3 is 30.9 Å². The lowest BCUT2D eigenvalue weighted by Gasteiger charge is -2.36. The first-order chi connectivity index (χ1) is 13.7. The number of carboxylic acids is 1. The van der Waals surface area contributed by atoms with E-state index in [-0.39, 0.29) is 17.3 Å². The van der Waals surface area contributed by atoms with Crippen LogP contribution in [0, 0.1) is 11.2 Å². The van der Waals surface area contributed by atoms with E-state index in [2.05, 4.69) is 4.99 Å². The van der Waals surface area contributed by atoms with Crippen LogP contribution in [0.5, 0.6) is 0 Å². The number of aromatic carboxylic acids is 1. The number of benzene rings is 1. The summed E-state index contributed by atoms with van der Waals surface area (Å²) in [4.78, 5) is 31.0. The van der Waals surface area contributed by atoms with Crippen LogP contribution >= 0.6 is 0 Å². The van der Waals surface area contributed by atoms with Crippen molar-refractivity contribution in [3.8, 4) is 0 Å². The van der Waals surface area contributed by atoms with Crippen LogP contribution in [0.3, 0.4) is 0 Å². The number of hydrogen-bond acceptors (Lipinski definition) is 4. The number of aromatic nitrogens is 1. The third kappa shape index (κ3) is 3.84. The van der Waals surface area contributed by atoms with E-state index in [1.165, 1.54) is 6.20 Å². The fourth-order valence-corrected chi connectivity index (χ4v) is 3.41. The van der Waals surface area contributed by atoms with Crippen LogP contribution in [0.1, 0.15) is 17.3 Å². The molecule has 0 spiro atoms. The van der Waals surface area contributed by atoms with Gasteiger partial charge in [-0.3, -0.25) is 10.2 Å². The second-order valence-electron chi connectivity index (χ2n) is 6.62. The summed E-state index contributed by atoms with van der Waals surface area (Å²) in [6.45, 7) is 3.93.